The lowest BCUT2D eigenvalue weighted by atomic mass is 10.0. The fraction of sp³-hybridized carbons (Fsp3) is 0.500. The summed E-state index contributed by atoms with van der Waals surface area (Å²) in [5, 5.41) is 4.72. The van der Waals surface area contributed by atoms with Crippen LogP contribution in [0.3, 0.4) is 0 Å². The van der Waals surface area contributed by atoms with Crippen molar-refractivity contribution in [2.75, 3.05) is 37.6 Å². The van der Waals surface area contributed by atoms with Crippen LogP contribution in [-0.4, -0.2) is 52.1 Å². The van der Waals surface area contributed by atoms with Crippen LogP contribution in [0.2, 0.25) is 0 Å². The molecule has 0 aliphatic carbocycles. The molecule has 0 atom stereocenters. The number of quaternary nitrogens is 2. The van der Waals surface area contributed by atoms with Crippen LogP contribution >= 0.6 is 0 Å². The van der Waals surface area contributed by atoms with Crippen molar-refractivity contribution < 1.29 is 36.6 Å². The lowest BCUT2D eigenvalue weighted by molar-refractivity contribution is -0.654. The van der Waals surface area contributed by atoms with Gasteiger partial charge in [0.25, 0.3) is 0 Å². The van der Waals surface area contributed by atoms with Gasteiger partial charge in [0.2, 0.25) is 0 Å². The summed E-state index contributed by atoms with van der Waals surface area (Å²) >= 11 is 0. The fourth-order valence-electron chi connectivity index (χ4n) is 3.04. The summed E-state index contributed by atoms with van der Waals surface area (Å²) in [6.45, 7) is 14.1. The molecule has 2 rings (SSSR count). The monoisotopic (exact) mass is 546 g/mol. The maximum absolute atomic E-state index is 11.3. The Hall–Kier alpha value is -2.22. The minimum absolute atomic E-state index is 0.000139. The molecule has 0 fully saturated rings. The van der Waals surface area contributed by atoms with Crippen molar-refractivity contribution in [2.45, 2.75) is 63.2 Å². The summed E-state index contributed by atoms with van der Waals surface area (Å²) in [5.41, 5.74) is 10.4. The van der Waals surface area contributed by atoms with Crippen LogP contribution in [0.5, 0.6) is 0 Å². The Labute approximate surface area is 216 Å². The molecular formula is C24H42N4O6S2. The summed E-state index contributed by atoms with van der Waals surface area (Å²) in [6, 6.07) is 6.66. The first kappa shape index (κ1) is 33.8. The van der Waals surface area contributed by atoms with Crippen molar-refractivity contribution in [3.63, 3.8) is 0 Å². The van der Waals surface area contributed by atoms with Gasteiger partial charge in [0.05, 0.1) is 36.0 Å². The van der Waals surface area contributed by atoms with E-state index in [-0.39, 0.29) is 22.5 Å². The number of hydrogen-bond acceptors (Lipinski definition) is 8. The summed E-state index contributed by atoms with van der Waals surface area (Å²) in [7, 11) is -9.87. The molecule has 0 aliphatic heterocycles. The highest BCUT2D eigenvalue weighted by atomic mass is 32.2. The molecule has 0 amide bonds. The van der Waals surface area contributed by atoms with E-state index in [4.69, 9.17) is 11.5 Å². The first-order chi connectivity index (χ1) is 16.8. The smallest absolute Gasteiger partial charge is 0.125 e. The molecule has 0 saturated heterocycles. The van der Waals surface area contributed by atoms with E-state index in [1.54, 1.807) is 0 Å². The summed E-state index contributed by atoms with van der Waals surface area (Å²) < 4.78 is 68.1. The minimum atomic E-state index is -4.93. The molecular weight excluding hydrogens is 504 g/mol. The number of nitrogen functional groups attached to an aromatic ring is 2. The number of anilines is 2. The van der Waals surface area contributed by atoms with Crippen LogP contribution in [0.15, 0.2) is 46.2 Å². The van der Waals surface area contributed by atoms with Gasteiger partial charge in [-0.2, -0.15) is 0 Å². The van der Waals surface area contributed by atoms with Crippen LogP contribution in [0.4, 0.5) is 11.4 Å². The molecule has 0 saturated carbocycles. The molecule has 0 aliphatic rings. The van der Waals surface area contributed by atoms with Crippen molar-refractivity contribution in [2.24, 2.45) is 0 Å². The Balaban J connectivity index is 0.000000720. The molecule has 0 spiro atoms. The largest absolute Gasteiger partial charge is 0.744 e. The predicted octanol–water partition coefficient (Wildman–Crippen LogP) is 1.07. The molecule has 0 aromatic heterocycles. The van der Waals surface area contributed by atoms with Crippen LogP contribution in [0.1, 0.15) is 53.4 Å². The Bertz CT molecular complexity index is 1030. The molecule has 12 heteroatoms. The van der Waals surface area contributed by atoms with E-state index in [0.29, 0.717) is 0 Å². The zero-order valence-corrected chi connectivity index (χ0v) is 23.3. The second kappa shape index (κ2) is 17.3. The summed E-state index contributed by atoms with van der Waals surface area (Å²) in [6.07, 6.45) is 5.22. The maximum Gasteiger partial charge on any atom is 0.125 e. The van der Waals surface area contributed by atoms with Crippen molar-refractivity contribution >= 4 is 31.6 Å². The van der Waals surface area contributed by atoms with E-state index >= 15 is 0 Å². The molecule has 0 unspecified atom stereocenters. The summed E-state index contributed by atoms with van der Waals surface area (Å²) in [5.74, 6) is 0. The molecule has 0 radical (unpaired) electrons. The van der Waals surface area contributed by atoms with Crippen LogP contribution in [0, 0.1) is 0 Å². The molecule has 36 heavy (non-hydrogen) atoms. The molecule has 10 nitrogen and oxygen atoms in total. The molecule has 0 heterocycles. The van der Waals surface area contributed by atoms with E-state index in [1.807, 2.05) is 0 Å². The van der Waals surface area contributed by atoms with Crippen LogP contribution in [0.25, 0.3) is 11.1 Å². The van der Waals surface area contributed by atoms with E-state index in [0.717, 1.165) is 24.3 Å². The average Bonchev–Trinajstić information content (AvgIpc) is 2.80. The van der Waals surface area contributed by atoms with Gasteiger partial charge in [0, 0.05) is 22.5 Å². The number of nitrogens with two attached hydrogens (primary N) is 4. The normalized spacial score (nSPS) is 11.2. The van der Waals surface area contributed by atoms with Gasteiger partial charge in [-0.1, -0.05) is 39.8 Å². The first-order valence-corrected chi connectivity index (χ1v) is 15.0. The van der Waals surface area contributed by atoms with Crippen molar-refractivity contribution in [3.05, 3.63) is 36.4 Å². The SMILES string of the molecule is CCC[NH2+]CCC.CCC[NH2+]CCC.Nc1ccc(-c2ccc(N)cc2S(=O)(=O)[O-])c(S(=O)(=O)[O-])c1. The van der Waals surface area contributed by atoms with Gasteiger partial charge in [-0.15, -0.1) is 0 Å². The second-order valence-electron chi connectivity index (χ2n) is 8.15. The second-order valence-corrected chi connectivity index (χ2v) is 10.8. The third kappa shape index (κ3) is 13.2. The first-order valence-electron chi connectivity index (χ1n) is 12.2. The third-order valence-electron chi connectivity index (χ3n) is 4.81. The van der Waals surface area contributed by atoms with Gasteiger partial charge in [-0.05, 0) is 49.9 Å². The highest BCUT2D eigenvalue weighted by Gasteiger charge is 2.17. The number of hydrogen-bond donors (Lipinski definition) is 4. The standard InChI is InChI=1S/C12H12N2O6S2.2C6H15N/c13-7-1-3-9(11(5-7)21(15,16)17)10-4-2-8(14)6-12(10)22(18,19)20;2*1-3-5-7-6-4-2/h1-6H,13-14H2,(H,15,16,17)(H,18,19,20);2*7H,3-6H2,1-2H3. The highest BCUT2D eigenvalue weighted by molar-refractivity contribution is 7.86. The van der Waals surface area contributed by atoms with E-state index in [1.165, 1.54) is 64.0 Å². The fourth-order valence-corrected chi connectivity index (χ4v) is 4.50. The van der Waals surface area contributed by atoms with Crippen molar-refractivity contribution in [3.8, 4) is 11.1 Å². The quantitative estimate of drug-likeness (QED) is 0.182. The Morgan fingerprint density at radius 3 is 1.11 bits per heavy atom. The maximum atomic E-state index is 11.3. The Morgan fingerprint density at radius 2 is 0.889 bits per heavy atom. The Morgan fingerprint density at radius 1 is 0.611 bits per heavy atom. The Kier molecular flexibility index (Phi) is 16.2. The number of rotatable bonds is 11. The highest BCUT2D eigenvalue weighted by Crippen LogP contribution is 2.34. The van der Waals surface area contributed by atoms with E-state index < -0.39 is 30.0 Å². The molecule has 8 N–H and O–H groups in total. The average molecular weight is 547 g/mol. The molecule has 2 aromatic carbocycles. The van der Waals surface area contributed by atoms with E-state index in [9.17, 15) is 25.9 Å². The van der Waals surface area contributed by atoms with E-state index in [2.05, 4.69) is 38.3 Å². The lowest BCUT2D eigenvalue weighted by Gasteiger charge is -2.18. The lowest BCUT2D eigenvalue weighted by Crippen LogP contribution is -2.84. The van der Waals surface area contributed by atoms with Gasteiger partial charge >= 0.3 is 0 Å². The van der Waals surface area contributed by atoms with Crippen molar-refractivity contribution in [1.29, 1.82) is 0 Å². The van der Waals surface area contributed by atoms with Crippen LogP contribution < -0.4 is 22.1 Å². The predicted molar refractivity (Wildman–Crippen MR) is 141 cm³/mol. The zero-order valence-electron chi connectivity index (χ0n) is 21.7. The summed E-state index contributed by atoms with van der Waals surface area (Å²) in [4.78, 5) is -1.44. The van der Waals surface area contributed by atoms with Gasteiger partial charge in [-0.3, -0.25) is 0 Å². The number of benzene rings is 2. The van der Waals surface area contributed by atoms with Gasteiger partial charge in [0.1, 0.15) is 20.2 Å². The van der Waals surface area contributed by atoms with Gasteiger partial charge in [-0.25, -0.2) is 16.8 Å². The minimum Gasteiger partial charge on any atom is -0.744 e. The topological polar surface area (TPSA) is 200 Å². The molecule has 206 valence electrons. The van der Waals surface area contributed by atoms with Gasteiger partial charge < -0.3 is 31.2 Å². The van der Waals surface area contributed by atoms with Crippen LogP contribution in [-0.2, 0) is 20.2 Å². The van der Waals surface area contributed by atoms with Crippen molar-refractivity contribution in [1.82, 2.24) is 0 Å². The third-order valence-corrected chi connectivity index (χ3v) is 6.56. The molecule has 2 aromatic rings. The van der Waals surface area contributed by atoms with Gasteiger partial charge in [0.15, 0.2) is 0 Å². The molecule has 0 bridgehead atoms. The zero-order chi connectivity index (χ0) is 27.8.